The van der Waals surface area contributed by atoms with Gasteiger partial charge >= 0.3 is 5.97 Å². The smallest absolute Gasteiger partial charge is 0.333 e. The summed E-state index contributed by atoms with van der Waals surface area (Å²) in [5.41, 5.74) is 2.08. The molecule has 1 aromatic carbocycles. The summed E-state index contributed by atoms with van der Waals surface area (Å²) >= 11 is 0. The predicted molar refractivity (Wildman–Crippen MR) is 87.3 cm³/mol. The van der Waals surface area contributed by atoms with Crippen LogP contribution in [0, 0.1) is 12.8 Å². The van der Waals surface area contributed by atoms with E-state index in [1.54, 1.807) is 4.68 Å². The van der Waals surface area contributed by atoms with Crippen LogP contribution in [0.2, 0.25) is 0 Å². The molecule has 0 saturated carbocycles. The molecule has 1 aromatic heterocycles. The lowest BCUT2D eigenvalue weighted by atomic mass is 9.91. The number of aliphatic carboxylic acids is 1. The zero-order valence-corrected chi connectivity index (χ0v) is 13.8. The van der Waals surface area contributed by atoms with Crippen molar-refractivity contribution in [3.63, 3.8) is 0 Å². The number of methoxy groups -OCH3 is 1. The summed E-state index contributed by atoms with van der Waals surface area (Å²) in [7, 11) is 1.45. The van der Waals surface area contributed by atoms with Gasteiger partial charge in [0.15, 0.2) is 6.10 Å². The molecule has 24 heavy (non-hydrogen) atoms. The van der Waals surface area contributed by atoms with Gasteiger partial charge in [-0.15, -0.1) is 0 Å². The number of hydrogen-bond acceptors (Lipinski definition) is 6. The van der Waals surface area contributed by atoms with Gasteiger partial charge in [-0.05, 0) is 48.2 Å². The standard InChI is InChI=1S/C16H21N5O3/c1-11-3-5-13(6-4-11)21-16(17-18-19-21)20-9-7-12(8-10-20)14(24-2)15(22)23/h3-6,12,14H,7-10H2,1-2H3,(H,22,23). The monoisotopic (exact) mass is 331 g/mol. The van der Waals surface area contributed by atoms with Crippen molar-refractivity contribution in [1.29, 1.82) is 0 Å². The molecule has 0 radical (unpaired) electrons. The second-order valence-corrected chi connectivity index (χ2v) is 6.05. The summed E-state index contributed by atoms with van der Waals surface area (Å²) in [5, 5.41) is 21.2. The number of carbonyl (C=O) groups is 1. The highest BCUT2D eigenvalue weighted by atomic mass is 16.5. The van der Waals surface area contributed by atoms with E-state index in [1.807, 2.05) is 31.2 Å². The van der Waals surface area contributed by atoms with Gasteiger partial charge in [-0.3, -0.25) is 0 Å². The molecule has 0 spiro atoms. The molecule has 1 aliphatic rings. The van der Waals surface area contributed by atoms with Crippen molar-refractivity contribution >= 4 is 11.9 Å². The molecule has 1 saturated heterocycles. The van der Waals surface area contributed by atoms with Gasteiger partial charge in [0, 0.05) is 20.2 Å². The Labute approximate surface area is 140 Å². The average molecular weight is 331 g/mol. The number of nitrogens with zero attached hydrogens (tertiary/aromatic N) is 5. The maximum atomic E-state index is 11.2. The van der Waals surface area contributed by atoms with Crippen LogP contribution in [-0.4, -0.2) is 57.6 Å². The first-order chi connectivity index (χ1) is 11.6. The molecular formula is C16H21N5O3. The minimum atomic E-state index is -0.902. The van der Waals surface area contributed by atoms with Gasteiger partial charge < -0.3 is 14.7 Å². The second kappa shape index (κ2) is 6.96. The van der Waals surface area contributed by atoms with Crippen LogP contribution < -0.4 is 4.90 Å². The van der Waals surface area contributed by atoms with E-state index in [0.717, 1.165) is 18.5 Å². The molecule has 1 fully saturated rings. The van der Waals surface area contributed by atoms with Crippen molar-refractivity contribution in [3.05, 3.63) is 29.8 Å². The van der Waals surface area contributed by atoms with Crippen molar-refractivity contribution < 1.29 is 14.6 Å². The highest BCUT2D eigenvalue weighted by Crippen LogP contribution is 2.26. The van der Waals surface area contributed by atoms with Gasteiger partial charge in [0.25, 0.3) is 0 Å². The number of aryl methyl sites for hydroxylation is 1. The van der Waals surface area contributed by atoms with Crippen molar-refractivity contribution in [2.75, 3.05) is 25.1 Å². The largest absolute Gasteiger partial charge is 0.479 e. The third-order valence-corrected chi connectivity index (χ3v) is 4.48. The molecule has 128 valence electrons. The van der Waals surface area contributed by atoms with E-state index in [2.05, 4.69) is 20.4 Å². The summed E-state index contributed by atoms with van der Waals surface area (Å²) in [4.78, 5) is 13.3. The molecule has 1 N–H and O–H groups in total. The van der Waals surface area contributed by atoms with Gasteiger partial charge in [0.1, 0.15) is 0 Å². The molecule has 8 nitrogen and oxygen atoms in total. The third-order valence-electron chi connectivity index (χ3n) is 4.48. The maximum Gasteiger partial charge on any atom is 0.333 e. The molecular weight excluding hydrogens is 310 g/mol. The minimum absolute atomic E-state index is 0.00690. The number of ether oxygens (including phenoxy) is 1. The molecule has 1 atom stereocenters. The van der Waals surface area contributed by atoms with Gasteiger partial charge in [0.05, 0.1) is 5.69 Å². The molecule has 2 aromatic rings. The van der Waals surface area contributed by atoms with Crippen molar-refractivity contribution in [2.45, 2.75) is 25.9 Å². The number of tetrazole rings is 1. The molecule has 3 rings (SSSR count). The Kier molecular flexibility index (Phi) is 4.75. The van der Waals surface area contributed by atoms with Crippen LogP contribution in [0.25, 0.3) is 5.69 Å². The lowest BCUT2D eigenvalue weighted by Crippen LogP contribution is -2.42. The molecule has 2 heterocycles. The predicted octanol–water partition coefficient (Wildman–Crippen LogP) is 1.29. The van der Waals surface area contributed by atoms with E-state index in [4.69, 9.17) is 4.74 Å². The average Bonchev–Trinajstić information content (AvgIpc) is 3.06. The molecule has 1 unspecified atom stereocenters. The number of anilines is 1. The zero-order valence-electron chi connectivity index (χ0n) is 13.8. The quantitative estimate of drug-likeness (QED) is 0.882. The fraction of sp³-hybridized carbons (Fsp3) is 0.500. The third kappa shape index (κ3) is 3.23. The van der Waals surface area contributed by atoms with E-state index < -0.39 is 12.1 Å². The van der Waals surface area contributed by atoms with Crippen LogP contribution in [0.3, 0.4) is 0 Å². The first kappa shape index (κ1) is 16.4. The fourth-order valence-electron chi connectivity index (χ4n) is 3.13. The van der Waals surface area contributed by atoms with Gasteiger partial charge in [-0.1, -0.05) is 22.8 Å². The number of piperidine rings is 1. The fourth-order valence-corrected chi connectivity index (χ4v) is 3.13. The van der Waals surface area contributed by atoms with Crippen LogP contribution >= 0.6 is 0 Å². The van der Waals surface area contributed by atoms with E-state index in [-0.39, 0.29) is 5.92 Å². The lowest BCUT2D eigenvalue weighted by Gasteiger charge is -2.34. The topological polar surface area (TPSA) is 93.4 Å². The number of aromatic nitrogens is 4. The Hall–Kier alpha value is -2.48. The lowest BCUT2D eigenvalue weighted by molar-refractivity contribution is -0.152. The van der Waals surface area contributed by atoms with Crippen LogP contribution in [0.5, 0.6) is 0 Å². The number of hydrogen-bond donors (Lipinski definition) is 1. The highest BCUT2D eigenvalue weighted by Gasteiger charge is 2.32. The Morgan fingerprint density at radius 3 is 2.54 bits per heavy atom. The van der Waals surface area contributed by atoms with Crippen molar-refractivity contribution in [1.82, 2.24) is 20.2 Å². The van der Waals surface area contributed by atoms with Crippen LogP contribution in [0.4, 0.5) is 5.95 Å². The summed E-state index contributed by atoms with van der Waals surface area (Å²) in [6, 6.07) is 7.99. The number of benzene rings is 1. The number of carboxylic acid groups (broad SMARTS) is 1. The molecule has 8 heteroatoms. The Morgan fingerprint density at radius 1 is 1.29 bits per heavy atom. The summed E-state index contributed by atoms with van der Waals surface area (Å²) in [6.45, 7) is 3.43. The van der Waals surface area contributed by atoms with Gasteiger partial charge in [-0.2, -0.15) is 4.68 Å². The van der Waals surface area contributed by atoms with E-state index >= 15 is 0 Å². The second-order valence-electron chi connectivity index (χ2n) is 6.05. The van der Waals surface area contributed by atoms with Gasteiger partial charge in [-0.25, -0.2) is 4.79 Å². The van der Waals surface area contributed by atoms with E-state index in [9.17, 15) is 9.90 Å². The molecule has 1 aliphatic heterocycles. The Bertz CT molecular complexity index is 692. The van der Waals surface area contributed by atoms with Crippen LogP contribution in [0.1, 0.15) is 18.4 Å². The summed E-state index contributed by atoms with van der Waals surface area (Å²) in [6.07, 6.45) is 0.706. The SMILES string of the molecule is COC(C(=O)O)C1CCN(c2nnnn2-c2ccc(C)cc2)CC1. The first-order valence-corrected chi connectivity index (χ1v) is 7.96. The normalized spacial score (nSPS) is 17.0. The molecule has 0 aliphatic carbocycles. The van der Waals surface area contributed by atoms with E-state index in [0.29, 0.717) is 19.0 Å². The first-order valence-electron chi connectivity index (χ1n) is 7.96. The van der Waals surface area contributed by atoms with Gasteiger partial charge in [0.2, 0.25) is 5.95 Å². The van der Waals surface area contributed by atoms with E-state index in [1.165, 1.54) is 12.7 Å². The van der Waals surface area contributed by atoms with Crippen LogP contribution in [0.15, 0.2) is 24.3 Å². The van der Waals surface area contributed by atoms with Crippen molar-refractivity contribution in [2.24, 2.45) is 5.92 Å². The zero-order chi connectivity index (χ0) is 17.1. The molecule has 0 bridgehead atoms. The Morgan fingerprint density at radius 2 is 1.96 bits per heavy atom. The maximum absolute atomic E-state index is 11.2. The highest BCUT2D eigenvalue weighted by molar-refractivity contribution is 5.72. The number of rotatable bonds is 5. The summed E-state index contributed by atoms with van der Waals surface area (Å²) < 4.78 is 6.83. The van der Waals surface area contributed by atoms with Crippen LogP contribution in [-0.2, 0) is 9.53 Å². The summed E-state index contributed by atoms with van der Waals surface area (Å²) in [5.74, 6) is -0.213. The Balaban J connectivity index is 1.73. The molecule has 0 amide bonds. The minimum Gasteiger partial charge on any atom is -0.479 e. The number of carboxylic acids is 1. The van der Waals surface area contributed by atoms with Crippen molar-refractivity contribution in [3.8, 4) is 5.69 Å².